The number of hydrogen-bond acceptors (Lipinski definition) is 5. The molecular formula is C11H19N3OS. The topological polar surface area (TPSA) is 51.4 Å². The Morgan fingerprint density at radius 3 is 2.94 bits per heavy atom. The average Bonchev–Trinajstić information content (AvgIpc) is 3.03. The first-order valence-corrected chi connectivity index (χ1v) is 6.47. The molecule has 2 N–H and O–H groups in total. The number of anilines is 2. The van der Waals surface area contributed by atoms with E-state index in [2.05, 4.69) is 16.2 Å². The molecule has 1 saturated carbocycles. The molecule has 1 heterocycles. The number of nitrogen functional groups attached to an aromatic ring is 1. The fourth-order valence-corrected chi connectivity index (χ4v) is 2.74. The van der Waals surface area contributed by atoms with E-state index in [1.54, 1.807) is 7.11 Å². The van der Waals surface area contributed by atoms with Gasteiger partial charge in [0.25, 0.3) is 0 Å². The van der Waals surface area contributed by atoms with E-state index in [1.807, 2.05) is 6.07 Å². The Morgan fingerprint density at radius 1 is 1.69 bits per heavy atom. The maximum Gasteiger partial charge on any atom is 0.139 e. The van der Waals surface area contributed by atoms with Gasteiger partial charge in [-0.15, -0.1) is 0 Å². The van der Waals surface area contributed by atoms with Crippen molar-refractivity contribution in [3.8, 4) is 0 Å². The van der Waals surface area contributed by atoms with E-state index in [9.17, 15) is 0 Å². The Morgan fingerprint density at radius 2 is 2.44 bits per heavy atom. The van der Waals surface area contributed by atoms with Gasteiger partial charge in [-0.1, -0.05) is 0 Å². The van der Waals surface area contributed by atoms with Crippen LogP contribution in [0.3, 0.4) is 0 Å². The van der Waals surface area contributed by atoms with Crippen molar-refractivity contribution in [2.45, 2.75) is 25.8 Å². The minimum absolute atomic E-state index is 0.565. The van der Waals surface area contributed by atoms with Crippen molar-refractivity contribution in [3.63, 3.8) is 0 Å². The summed E-state index contributed by atoms with van der Waals surface area (Å²) in [6, 6.07) is 2.52. The molecule has 90 valence electrons. The third-order valence-corrected chi connectivity index (χ3v) is 3.97. The lowest BCUT2D eigenvalue weighted by Crippen LogP contribution is -2.36. The molecule has 1 aliphatic carbocycles. The summed E-state index contributed by atoms with van der Waals surface area (Å²) in [5.41, 5.74) is 5.68. The molecular weight excluding hydrogens is 222 g/mol. The van der Waals surface area contributed by atoms with E-state index >= 15 is 0 Å². The lowest BCUT2D eigenvalue weighted by atomic mass is 10.2. The highest BCUT2D eigenvalue weighted by Crippen LogP contribution is 2.38. The number of hydrogen-bond donors (Lipinski definition) is 1. The molecule has 0 aromatic carbocycles. The number of aromatic nitrogens is 1. The summed E-state index contributed by atoms with van der Waals surface area (Å²) in [5, 5.41) is 1.16. The molecule has 16 heavy (non-hydrogen) atoms. The Balaban J connectivity index is 2.06. The lowest BCUT2D eigenvalue weighted by Gasteiger charge is -2.29. The standard InChI is InChI=1S/C11H19N3OS/c1-8(9-3-4-9)14(5-6-15-2)11-7-10(12)13-16-11/h7-9H,3-6H2,1-2H3,(H2,12,13). The van der Waals surface area contributed by atoms with Gasteiger partial charge in [-0.2, -0.15) is 4.37 Å². The molecule has 1 fully saturated rings. The summed E-state index contributed by atoms with van der Waals surface area (Å²) in [4.78, 5) is 2.37. The van der Waals surface area contributed by atoms with Crippen LogP contribution in [-0.4, -0.2) is 30.7 Å². The molecule has 4 nitrogen and oxygen atoms in total. The van der Waals surface area contributed by atoms with Gasteiger partial charge in [0, 0.05) is 25.8 Å². The van der Waals surface area contributed by atoms with Crippen LogP contribution in [0, 0.1) is 5.92 Å². The van der Waals surface area contributed by atoms with E-state index < -0.39 is 0 Å². The molecule has 0 radical (unpaired) electrons. The molecule has 0 bridgehead atoms. The van der Waals surface area contributed by atoms with Crippen LogP contribution in [0.25, 0.3) is 0 Å². The third-order valence-electron chi connectivity index (χ3n) is 3.13. The number of rotatable bonds is 6. The molecule has 0 aliphatic heterocycles. The van der Waals surface area contributed by atoms with Gasteiger partial charge in [0.05, 0.1) is 6.61 Å². The predicted octanol–water partition coefficient (Wildman–Crippen LogP) is 1.98. The zero-order chi connectivity index (χ0) is 11.5. The summed E-state index contributed by atoms with van der Waals surface area (Å²) in [5.74, 6) is 1.45. The van der Waals surface area contributed by atoms with Crippen LogP contribution in [-0.2, 0) is 4.74 Å². The second kappa shape index (κ2) is 5.01. The van der Waals surface area contributed by atoms with Crippen molar-refractivity contribution in [2.24, 2.45) is 5.92 Å². The average molecular weight is 241 g/mol. The fraction of sp³-hybridized carbons (Fsp3) is 0.727. The van der Waals surface area contributed by atoms with Crippen molar-refractivity contribution >= 4 is 22.4 Å². The molecule has 0 amide bonds. The quantitative estimate of drug-likeness (QED) is 0.827. The van der Waals surface area contributed by atoms with Crippen LogP contribution in [0.15, 0.2) is 6.07 Å². The fourth-order valence-electron chi connectivity index (χ4n) is 1.95. The van der Waals surface area contributed by atoms with Crippen molar-refractivity contribution in [1.82, 2.24) is 4.37 Å². The minimum Gasteiger partial charge on any atom is -0.383 e. The normalized spacial score (nSPS) is 17.4. The van der Waals surface area contributed by atoms with Gasteiger partial charge in [-0.05, 0) is 37.2 Å². The summed E-state index contributed by atoms with van der Waals surface area (Å²) in [7, 11) is 1.74. The second-order valence-electron chi connectivity index (χ2n) is 4.35. The van der Waals surface area contributed by atoms with Crippen LogP contribution in [0.5, 0.6) is 0 Å². The Bertz CT molecular complexity index is 338. The van der Waals surface area contributed by atoms with Gasteiger partial charge in [0.1, 0.15) is 10.8 Å². The monoisotopic (exact) mass is 241 g/mol. The van der Waals surface area contributed by atoms with E-state index in [0.717, 1.165) is 24.1 Å². The Kier molecular flexibility index (Phi) is 3.66. The Hall–Kier alpha value is -0.810. The number of ether oxygens (including phenoxy) is 1. The zero-order valence-corrected chi connectivity index (χ0v) is 10.7. The van der Waals surface area contributed by atoms with Crippen LogP contribution in [0.1, 0.15) is 19.8 Å². The summed E-state index contributed by atoms with van der Waals surface area (Å²) in [6.45, 7) is 3.94. The highest BCUT2D eigenvalue weighted by atomic mass is 32.1. The highest BCUT2D eigenvalue weighted by molar-refractivity contribution is 7.10. The SMILES string of the molecule is COCCN(c1cc(N)ns1)C(C)C1CC1. The summed E-state index contributed by atoms with van der Waals surface area (Å²) >= 11 is 1.48. The number of nitrogens with two attached hydrogens (primary N) is 1. The van der Waals surface area contributed by atoms with Crippen molar-refractivity contribution in [3.05, 3.63) is 6.07 Å². The van der Waals surface area contributed by atoms with Crippen LogP contribution in [0.4, 0.5) is 10.8 Å². The predicted molar refractivity (Wildman–Crippen MR) is 67.9 cm³/mol. The molecule has 1 aromatic rings. The van der Waals surface area contributed by atoms with Gasteiger partial charge in [0.15, 0.2) is 0 Å². The van der Waals surface area contributed by atoms with E-state index in [-0.39, 0.29) is 0 Å². The molecule has 1 aromatic heterocycles. The largest absolute Gasteiger partial charge is 0.383 e. The van der Waals surface area contributed by atoms with Gasteiger partial charge < -0.3 is 15.4 Å². The number of nitrogens with zero attached hydrogens (tertiary/aromatic N) is 2. The minimum atomic E-state index is 0.565. The van der Waals surface area contributed by atoms with Crippen LogP contribution < -0.4 is 10.6 Å². The zero-order valence-electron chi connectivity index (χ0n) is 9.85. The lowest BCUT2D eigenvalue weighted by molar-refractivity contribution is 0.203. The van der Waals surface area contributed by atoms with Crippen molar-refractivity contribution in [1.29, 1.82) is 0 Å². The number of methoxy groups -OCH3 is 1. The maximum absolute atomic E-state index is 5.68. The van der Waals surface area contributed by atoms with Crippen LogP contribution in [0.2, 0.25) is 0 Å². The molecule has 1 aliphatic rings. The van der Waals surface area contributed by atoms with Crippen molar-refractivity contribution < 1.29 is 4.74 Å². The molecule has 2 rings (SSSR count). The Labute approximate surface area is 101 Å². The molecule has 5 heteroatoms. The van der Waals surface area contributed by atoms with Gasteiger partial charge in [-0.3, -0.25) is 0 Å². The van der Waals surface area contributed by atoms with E-state index in [0.29, 0.717) is 11.9 Å². The first kappa shape index (κ1) is 11.7. The molecule has 1 unspecified atom stereocenters. The summed E-state index contributed by atoms with van der Waals surface area (Å²) < 4.78 is 9.31. The molecule has 0 saturated heterocycles. The van der Waals surface area contributed by atoms with Crippen molar-refractivity contribution in [2.75, 3.05) is 30.9 Å². The maximum atomic E-state index is 5.68. The third kappa shape index (κ3) is 2.65. The van der Waals surface area contributed by atoms with Gasteiger partial charge in [-0.25, -0.2) is 0 Å². The van der Waals surface area contributed by atoms with E-state index in [1.165, 1.54) is 24.4 Å². The first-order chi connectivity index (χ1) is 7.72. The first-order valence-electron chi connectivity index (χ1n) is 5.70. The molecule has 1 atom stereocenters. The van der Waals surface area contributed by atoms with E-state index in [4.69, 9.17) is 10.5 Å². The van der Waals surface area contributed by atoms with Crippen LogP contribution >= 0.6 is 11.5 Å². The smallest absolute Gasteiger partial charge is 0.139 e. The van der Waals surface area contributed by atoms with Gasteiger partial charge >= 0.3 is 0 Å². The molecule has 0 spiro atoms. The van der Waals surface area contributed by atoms with Gasteiger partial charge in [0.2, 0.25) is 0 Å². The second-order valence-corrected chi connectivity index (χ2v) is 5.14. The highest BCUT2D eigenvalue weighted by Gasteiger charge is 2.32. The summed E-state index contributed by atoms with van der Waals surface area (Å²) in [6.07, 6.45) is 2.69.